The fourth-order valence-corrected chi connectivity index (χ4v) is 3.71. The zero-order valence-electron chi connectivity index (χ0n) is 11.8. The van der Waals surface area contributed by atoms with E-state index in [1.54, 1.807) is 19.1 Å². The second-order valence-electron chi connectivity index (χ2n) is 5.46. The summed E-state index contributed by atoms with van der Waals surface area (Å²) in [7, 11) is -3.69. The molecule has 4 nitrogen and oxygen atoms in total. The molecule has 21 heavy (non-hydrogen) atoms. The number of rotatable bonds is 3. The molecule has 0 saturated carbocycles. The monoisotopic (exact) mass is 302 g/mol. The molecule has 1 aliphatic rings. The van der Waals surface area contributed by atoms with E-state index in [0.29, 0.717) is 5.56 Å². The van der Waals surface area contributed by atoms with Crippen LogP contribution in [0, 0.1) is 6.92 Å². The summed E-state index contributed by atoms with van der Waals surface area (Å²) < 4.78 is 23.2. The van der Waals surface area contributed by atoms with Crippen molar-refractivity contribution in [3.8, 4) is 0 Å². The minimum atomic E-state index is -3.69. The number of nitrogens with one attached hydrogen (secondary N) is 1. The van der Waals surface area contributed by atoms with Gasteiger partial charge in [-0.25, -0.2) is 13.6 Å². The standard InChI is InChI=1S/C16H18N2O2S/c1-11-6-8-13(10-16(11)21(17,19)20)18-15-9-7-12-4-2-3-5-14(12)15/h2-6,8,10,15,18H,7,9H2,1H3,(H2,17,19,20). The number of sulfonamides is 1. The Morgan fingerprint density at radius 1 is 1.19 bits per heavy atom. The van der Waals surface area contributed by atoms with Gasteiger partial charge in [0.25, 0.3) is 0 Å². The van der Waals surface area contributed by atoms with Gasteiger partial charge in [0.15, 0.2) is 0 Å². The van der Waals surface area contributed by atoms with Crippen molar-refractivity contribution in [1.29, 1.82) is 0 Å². The van der Waals surface area contributed by atoms with Gasteiger partial charge >= 0.3 is 0 Å². The molecular weight excluding hydrogens is 284 g/mol. The maximum Gasteiger partial charge on any atom is 0.238 e. The van der Waals surface area contributed by atoms with E-state index in [4.69, 9.17) is 5.14 Å². The van der Waals surface area contributed by atoms with E-state index in [1.165, 1.54) is 11.1 Å². The van der Waals surface area contributed by atoms with Gasteiger partial charge in [-0.2, -0.15) is 0 Å². The van der Waals surface area contributed by atoms with Gasteiger partial charge in [0.05, 0.1) is 10.9 Å². The van der Waals surface area contributed by atoms with Crippen molar-refractivity contribution in [2.24, 2.45) is 5.14 Å². The number of benzene rings is 2. The summed E-state index contributed by atoms with van der Waals surface area (Å²) in [5, 5.41) is 8.67. The molecule has 0 aliphatic heterocycles. The minimum Gasteiger partial charge on any atom is -0.378 e. The van der Waals surface area contributed by atoms with Crippen LogP contribution >= 0.6 is 0 Å². The highest BCUT2D eigenvalue weighted by Gasteiger charge is 2.22. The van der Waals surface area contributed by atoms with Crippen molar-refractivity contribution >= 4 is 15.7 Å². The van der Waals surface area contributed by atoms with E-state index in [0.717, 1.165) is 18.5 Å². The summed E-state index contributed by atoms with van der Waals surface area (Å²) in [5.74, 6) is 0. The molecule has 1 unspecified atom stereocenters. The van der Waals surface area contributed by atoms with Gasteiger partial charge in [0.1, 0.15) is 0 Å². The van der Waals surface area contributed by atoms with E-state index in [9.17, 15) is 8.42 Å². The van der Waals surface area contributed by atoms with E-state index >= 15 is 0 Å². The fourth-order valence-electron chi connectivity index (χ4n) is 2.90. The molecule has 2 aromatic carbocycles. The molecule has 0 heterocycles. The Kier molecular flexibility index (Phi) is 3.47. The summed E-state index contributed by atoms with van der Waals surface area (Å²) in [6, 6.07) is 13.9. The Hall–Kier alpha value is -1.85. The molecule has 0 bridgehead atoms. The lowest BCUT2D eigenvalue weighted by atomic mass is 10.1. The summed E-state index contributed by atoms with van der Waals surface area (Å²) >= 11 is 0. The first-order valence-electron chi connectivity index (χ1n) is 6.93. The van der Waals surface area contributed by atoms with Gasteiger partial charge < -0.3 is 5.32 Å². The average molecular weight is 302 g/mol. The maximum absolute atomic E-state index is 11.6. The van der Waals surface area contributed by atoms with Crippen molar-refractivity contribution in [2.45, 2.75) is 30.7 Å². The van der Waals surface area contributed by atoms with Gasteiger partial charge in [-0.05, 0) is 48.6 Å². The van der Waals surface area contributed by atoms with Crippen LogP contribution < -0.4 is 10.5 Å². The molecule has 0 aromatic heterocycles. The molecular formula is C16H18N2O2S. The smallest absolute Gasteiger partial charge is 0.238 e. The first-order chi connectivity index (χ1) is 9.95. The predicted molar refractivity (Wildman–Crippen MR) is 83.7 cm³/mol. The number of aryl methyl sites for hydroxylation is 2. The van der Waals surface area contributed by atoms with Gasteiger partial charge in [0.2, 0.25) is 10.0 Å². The number of anilines is 1. The van der Waals surface area contributed by atoms with Crippen molar-refractivity contribution in [3.63, 3.8) is 0 Å². The molecule has 1 aliphatic carbocycles. The maximum atomic E-state index is 11.6. The third-order valence-corrected chi connectivity index (χ3v) is 5.02. The minimum absolute atomic E-state index is 0.179. The Morgan fingerprint density at radius 3 is 2.71 bits per heavy atom. The van der Waals surface area contributed by atoms with Crippen LogP contribution in [0.4, 0.5) is 5.69 Å². The van der Waals surface area contributed by atoms with Gasteiger partial charge in [-0.15, -0.1) is 0 Å². The quantitative estimate of drug-likeness (QED) is 0.915. The highest BCUT2D eigenvalue weighted by atomic mass is 32.2. The zero-order valence-corrected chi connectivity index (χ0v) is 12.7. The fraction of sp³-hybridized carbons (Fsp3) is 0.250. The topological polar surface area (TPSA) is 72.2 Å². The van der Waals surface area contributed by atoms with Crippen LogP contribution in [0.1, 0.15) is 29.2 Å². The van der Waals surface area contributed by atoms with E-state index < -0.39 is 10.0 Å². The lowest BCUT2D eigenvalue weighted by Gasteiger charge is -2.16. The van der Waals surface area contributed by atoms with Crippen molar-refractivity contribution < 1.29 is 8.42 Å². The largest absolute Gasteiger partial charge is 0.378 e. The second-order valence-corrected chi connectivity index (χ2v) is 6.99. The van der Waals surface area contributed by atoms with Crippen LogP contribution in [-0.2, 0) is 16.4 Å². The molecule has 0 amide bonds. The number of primary sulfonamides is 1. The highest BCUT2D eigenvalue weighted by Crippen LogP contribution is 2.34. The highest BCUT2D eigenvalue weighted by molar-refractivity contribution is 7.89. The predicted octanol–water partition coefficient (Wildman–Crippen LogP) is 2.74. The first kappa shape index (κ1) is 14.1. The second kappa shape index (κ2) is 5.16. The summed E-state index contributed by atoms with van der Waals surface area (Å²) in [6.07, 6.45) is 2.06. The van der Waals surface area contributed by atoms with Gasteiger partial charge in [-0.1, -0.05) is 30.3 Å². The van der Waals surface area contributed by atoms with Gasteiger partial charge in [-0.3, -0.25) is 0 Å². The van der Waals surface area contributed by atoms with E-state index in [1.807, 2.05) is 18.2 Å². The van der Waals surface area contributed by atoms with Crippen molar-refractivity contribution in [2.75, 3.05) is 5.32 Å². The van der Waals surface area contributed by atoms with E-state index in [-0.39, 0.29) is 10.9 Å². The molecule has 3 rings (SSSR count). The molecule has 5 heteroatoms. The Morgan fingerprint density at radius 2 is 1.95 bits per heavy atom. The van der Waals surface area contributed by atoms with Crippen molar-refractivity contribution in [1.82, 2.24) is 0 Å². The van der Waals surface area contributed by atoms with Crippen LogP contribution in [0.3, 0.4) is 0 Å². The lowest BCUT2D eigenvalue weighted by Crippen LogP contribution is -2.14. The third kappa shape index (κ3) is 2.80. The van der Waals surface area contributed by atoms with E-state index in [2.05, 4.69) is 17.4 Å². The van der Waals surface area contributed by atoms with Crippen molar-refractivity contribution in [3.05, 3.63) is 59.2 Å². The average Bonchev–Trinajstić information content (AvgIpc) is 2.83. The van der Waals surface area contributed by atoms with Crippen LogP contribution in [0.5, 0.6) is 0 Å². The molecule has 0 saturated heterocycles. The normalized spacial score (nSPS) is 17.5. The van der Waals surface area contributed by atoms with Gasteiger partial charge in [0, 0.05) is 5.69 Å². The lowest BCUT2D eigenvalue weighted by molar-refractivity contribution is 0.597. The van der Waals surface area contributed by atoms with Crippen LogP contribution in [-0.4, -0.2) is 8.42 Å². The number of nitrogens with two attached hydrogens (primary N) is 1. The number of hydrogen-bond acceptors (Lipinski definition) is 3. The number of hydrogen-bond donors (Lipinski definition) is 2. The Bertz CT molecular complexity index is 785. The number of fused-ring (bicyclic) bond motifs is 1. The first-order valence-corrected chi connectivity index (χ1v) is 8.47. The molecule has 3 N–H and O–H groups in total. The summed E-state index contributed by atoms with van der Waals surface area (Å²) in [4.78, 5) is 0.179. The Balaban J connectivity index is 1.90. The molecule has 1 atom stereocenters. The molecule has 2 aromatic rings. The SMILES string of the molecule is Cc1ccc(NC2CCc3ccccc32)cc1S(N)(=O)=O. The van der Waals surface area contributed by atoms with Crippen LogP contribution in [0.15, 0.2) is 47.4 Å². The molecule has 0 spiro atoms. The van der Waals surface area contributed by atoms with Crippen LogP contribution in [0.2, 0.25) is 0 Å². The summed E-state index contributed by atoms with van der Waals surface area (Å²) in [6.45, 7) is 1.74. The Labute approximate surface area is 125 Å². The molecule has 0 radical (unpaired) electrons. The molecule has 0 fully saturated rings. The molecule has 110 valence electrons. The van der Waals surface area contributed by atoms with Crippen LogP contribution in [0.25, 0.3) is 0 Å². The summed E-state index contributed by atoms with van der Waals surface area (Å²) in [5.41, 5.74) is 4.09. The third-order valence-electron chi connectivity index (χ3n) is 3.97. The zero-order chi connectivity index (χ0) is 15.0.